The molecule has 0 amide bonds. The molecule has 4 heteroatoms. The van der Waals surface area contributed by atoms with Crippen LogP contribution in [0.1, 0.15) is 30.0 Å². The maximum absolute atomic E-state index is 6.01. The van der Waals surface area contributed by atoms with E-state index in [9.17, 15) is 0 Å². The summed E-state index contributed by atoms with van der Waals surface area (Å²) in [6.07, 6.45) is 7.72. The summed E-state index contributed by atoms with van der Waals surface area (Å²) >= 11 is 0. The van der Waals surface area contributed by atoms with Crippen molar-refractivity contribution in [2.24, 2.45) is 0 Å². The first-order valence-corrected chi connectivity index (χ1v) is 9.54. The molecule has 5 rings (SSSR count). The van der Waals surface area contributed by atoms with E-state index >= 15 is 0 Å². The van der Waals surface area contributed by atoms with Crippen molar-refractivity contribution in [3.8, 4) is 17.1 Å². The molecule has 0 radical (unpaired) electrons. The van der Waals surface area contributed by atoms with E-state index in [0.717, 1.165) is 46.8 Å². The number of nitrogens with zero attached hydrogens (tertiary/aromatic N) is 3. The van der Waals surface area contributed by atoms with E-state index in [0.29, 0.717) is 12.5 Å². The molecular formula is C24H21N3O. The van der Waals surface area contributed by atoms with Crippen LogP contribution in [0.25, 0.3) is 16.9 Å². The van der Waals surface area contributed by atoms with Crippen LogP contribution in [0.15, 0.2) is 85.3 Å². The van der Waals surface area contributed by atoms with Gasteiger partial charge in [-0.25, -0.2) is 4.98 Å². The molecule has 1 saturated carbocycles. The second-order valence-electron chi connectivity index (χ2n) is 7.31. The zero-order valence-corrected chi connectivity index (χ0v) is 15.6. The Hall–Kier alpha value is -3.40. The highest BCUT2D eigenvalue weighted by molar-refractivity contribution is 5.67. The van der Waals surface area contributed by atoms with Crippen molar-refractivity contribution in [1.82, 2.24) is 14.4 Å². The molecule has 0 aliphatic heterocycles. The zero-order valence-electron chi connectivity index (χ0n) is 15.6. The monoisotopic (exact) mass is 367 g/mol. The maximum Gasteiger partial charge on any atom is 0.145 e. The summed E-state index contributed by atoms with van der Waals surface area (Å²) in [5.74, 6) is 2.21. The summed E-state index contributed by atoms with van der Waals surface area (Å²) in [6.45, 7) is 4.62. The van der Waals surface area contributed by atoms with E-state index < -0.39 is 0 Å². The van der Waals surface area contributed by atoms with Gasteiger partial charge >= 0.3 is 0 Å². The molecular weight excluding hydrogens is 346 g/mol. The van der Waals surface area contributed by atoms with E-state index in [-0.39, 0.29) is 0 Å². The van der Waals surface area contributed by atoms with Crippen LogP contribution in [-0.2, 0) is 6.61 Å². The summed E-state index contributed by atoms with van der Waals surface area (Å²) in [4.78, 5) is 9.31. The second-order valence-corrected chi connectivity index (χ2v) is 7.31. The van der Waals surface area contributed by atoms with Crippen molar-refractivity contribution in [3.63, 3.8) is 0 Å². The number of imidazole rings is 1. The minimum Gasteiger partial charge on any atom is -0.489 e. The Bertz CT molecular complexity index is 1140. The van der Waals surface area contributed by atoms with Crippen LogP contribution in [-0.4, -0.2) is 14.4 Å². The van der Waals surface area contributed by atoms with Crippen LogP contribution in [0.3, 0.4) is 0 Å². The smallest absolute Gasteiger partial charge is 0.145 e. The van der Waals surface area contributed by atoms with Crippen molar-refractivity contribution < 1.29 is 4.74 Å². The van der Waals surface area contributed by atoms with Gasteiger partial charge in [0.05, 0.1) is 17.4 Å². The lowest BCUT2D eigenvalue weighted by Crippen LogP contribution is -2.12. The summed E-state index contributed by atoms with van der Waals surface area (Å²) < 4.78 is 8.13. The van der Waals surface area contributed by atoms with Gasteiger partial charge in [-0.05, 0) is 30.5 Å². The molecule has 0 N–H and O–H groups in total. The lowest BCUT2D eigenvalue weighted by molar-refractivity contribution is 0.306. The molecule has 2 aromatic carbocycles. The molecule has 2 aromatic heterocycles. The van der Waals surface area contributed by atoms with Gasteiger partial charge in [0.15, 0.2) is 0 Å². The molecule has 4 nitrogen and oxygen atoms in total. The minimum absolute atomic E-state index is 0.443. The van der Waals surface area contributed by atoms with Crippen LogP contribution < -0.4 is 4.74 Å². The SMILES string of the molecule is C=C1CC(c2nc(-c3cccc(OCc4ccccc4)c3)n3ccncc23)C1. The highest BCUT2D eigenvalue weighted by Crippen LogP contribution is 2.42. The normalized spacial score (nSPS) is 14.2. The number of fused-ring (bicyclic) bond motifs is 1. The highest BCUT2D eigenvalue weighted by atomic mass is 16.5. The van der Waals surface area contributed by atoms with Crippen LogP contribution in [0, 0.1) is 0 Å². The lowest BCUT2D eigenvalue weighted by atomic mass is 9.79. The van der Waals surface area contributed by atoms with Gasteiger partial charge in [-0.15, -0.1) is 0 Å². The standard InChI is InChI=1S/C24H21N3O/c1-17-12-20(13-17)23-22-15-25-10-11-27(22)24(26-23)19-8-5-9-21(14-19)28-16-18-6-3-2-4-7-18/h2-11,14-15,20H,1,12-13,16H2. The van der Waals surface area contributed by atoms with Crippen molar-refractivity contribution in [2.75, 3.05) is 0 Å². The minimum atomic E-state index is 0.443. The Morgan fingerprint density at radius 2 is 1.93 bits per heavy atom. The number of hydrogen-bond acceptors (Lipinski definition) is 3. The number of allylic oxidation sites excluding steroid dienone is 1. The average molecular weight is 367 g/mol. The summed E-state index contributed by atoms with van der Waals surface area (Å²) in [5, 5.41) is 0. The van der Waals surface area contributed by atoms with Crippen LogP contribution in [0.2, 0.25) is 0 Å². The van der Waals surface area contributed by atoms with Crippen molar-refractivity contribution in [2.45, 2.75) is 25.4 Å². The first-order chi connectivity index (χ1) is 13.8. The summed E-state index contributed by atoms with van der Waals surface area (Å²) in [6, 6.07) is 18.3. The fraction of sp³-hybridized carbons (Fsp3) is 0.167. The van der Waals surface area contributed by atoms with Crippen LogP contribution >= 0.6 is 0 Å². The van der Waals surface area contributed by atoms with E-state index in [4.69, 9.17) is 9.72 Å². The number of ether oxygens (including phenoxy) is 1. The lowest BCUT2D eigenvalue weighted by Gasteiger charge is -2.26. The van der Waals surface area contributed by atoms with Gasteiger partial charge < -0.3 is 4.74 Å². The molecule has 0 bridgehead atoms. The Labute approximate surface area is 164 Å². The predicted octanol–water partition coefficient (Wildman–Crippen LogP) is 5.41. The number of aromatic nitrogens is 3. The number of hydrogen-bond donors (Lipinski definition) is 0. The quantitative estimate of drug-likeness (QED) is 0.443. The Kier molecular flexibility index (Phi) is 4.17. The molecule has 0 atom stereocenters. The molecule has 4 aromatic rings. The fourth-order valence-corrected chi connectivity index (χ4v) is 3.76. The summed E-state index contributed by atoms with van der Waals surface area (Å²) in [7, 11) is 0. The first-order valence-electron chi connectivity index (χ1n) is 9.54. The van der Waals surface area contributed by atoms with Gasteiger partial charge in [0.2, 0.25) is 0 Å². The molecule has 0 spiro atoms. The van der Waals surface area contributed by atoms with Gasteiger partial charge in [-0.2, -0.15) is 0 Å². The third kappa shape index (κ3) is 3.07. The zero-order chi connectivity index (χ0) is 18.9. The molecule has 138 valence electrons. The van der Waals surface area contributed by atoms with Gasteiger partial charge in [0, 0.05) is 23.9 Å². The molecule has 1 aliphatic rings. The van der Waals surface area contributed by atoms with Crippen molar-refractivity contribution >= 4 is 5.52 Å². The third-order valence-corrected chi connectivity index (χ3v) is 5.27. The number of rotatable bonds is 5. The largest absolute Gasteiger partial charge is 0.489 e. The molecule has 1 fully saturated rings. The van der Waals surface area contributed by atoms with Crippen molar-refractivity contribution in [3.05, 3.63) is 96.6 Å². The Morgan fingerprint density at radius 1 is 1.07 bits per heavy atom. The van der Waals surface area contributed by atoms with Crippen LogP contribution in [0.5, 0.6) is 5.75 Å². The molecule has 2 heterocycles. The van der Waals surface area contributed by atoms with E-state index in [1.165, 1.54) is 5.57 Å². The topological polar surface area (TPSA) is 39.4 Å². The van der Waals surface area contributed by atoms with Gasteiger partial charge in [-0.3, -0.25) is 9.38 Å². The fourth-order valence-electron chi connectivity index (χ4n) is 3.76. The Morgan fingerprint density at radius 3 is 2.75 bits per heavy atom. The Balaban J connectivity index is 1.47. The molecule has 1 aliphatic carbocycles. The second kappa shape index (κ2) is 6.97. The average Bonchev–Trinajstić information content (AvgIpc) is 3.10. The predicted molar refractivity (Wildman–Crippen MR) is 110 cm³/mol. The molecule has 28 heavy (non-hydrogen) atoms. The van der Waals surface area contributed by atoms with E-state index in [1.54, 1.807) is 6.20 Å². The third-order valence-electron chi connectivity index (χ3n) is 5.27. The van der Waals surface area contributed by atoms with Gasteiger partial charge in [-0.1, -0.05) is 54.6 Å². The van der Waals surface area contributed by atoms with Gasteiger partial charge in [0.25, 0.3) is 0 Å². The first kappa shape index (κ1) is 16.8. The molecule has 0 unspecified atom stereocenters. The van der Waals surface area contributed by atoms with E-state index in [2.05, 4.69) is 40.2 Å². The van der Waals surface area contributed by atoms with Gasteiger partial charge in [0.1, 0.15) is 18.2 Å². The summed E-state index contributed by atoms with van der Waals surface area (Å²) in [5.41, 5.74) is 5.68. The molecule has 0 saturated heterocycles. The maximum atomic E-state index is 6.01. The van der Waals surface area contributed by atoms with E-state index in [1.807, 2.05) is 42.7 Å². The van der Waals surface area contributed by atoms with Crippen LogP contribution in [0.4, 0.5) is 0 Å². The highest BCUT2D eigenvalue weighted by Gasteiger charge is 2.28. The number of benzene rings is 2. The van der Waals surface area contributed by atoms with Crippen molar-refractivity contribution in [1.29, 1.82) is 0 Å².